The lowest BCUT2D eigenvalue weighted by atomic mass is 10.3. The molecule has 0 unspecified atom stereocenters. The van der Waals surface area contributed by atoms with E-state index in [1.807, 2.05) is 42.5 Å². The van der Waals surface area contributed by atoms with Crippen LogP contribution in [0.5, 0.6) is 0 Å². The molecule has 1 aromatic carbocycles. The van der Waals surface area contributed by atoms with Crippen molar-refractivity contribution in [1.29, 1.82) is 0 Å². The molecule has 0 saturated heterocycles. The Morgan fingerprint density at radius 2 is 1.86 bits per heavy atom. The zero-order chi connectivity index (χ0) is 15.2. The third kappa shape index (κ3) is 3.84. The maximum atomic E-state index is 12.0. The van der Waals surface area contributed by atoms with Crippen molar-refractivity contribution >= 4 is 39.9 Å². The van der Waals surface area contributed by atoms with E-state index in [4.69, 9.17) is 0 Å². The van der Waals surface area contributed by atoms with Gasteiger partial charge in [0.15, 0.2) is 5.13 Å². The number of amides is 2. The lowest BCUT2D eigenvalue weighted by Crippen LogP contribution is -2.19. The van der Waals surface area contributed by atoms with Gasteiger partial charge in [0, 0.05) is 22.7 Å². The van der Waals surface area contributed by atoms with Crippen molar-refractivity contribution < 1.29 is 4.79 Å². The van der Waals surface area contributed by atoms with E-state index in [1.54, 1.807) is 17.8 Å². The number of anilines is 2. The number of carbonyl (C=O) groups excluding carboxylic acids is 1. The van der Waals surface area contributed by atoms with Crippen molar-refractivity contribution in [1.82, 2.24) is 9.97 Å². The second kappa shape index (κ2) is 7.06. The highest BCUT2D eigenvalue weighted by Gasteiger charge is 2.09. The Labute approximate surface area is 135 Å². The van der Waals surface area contributed by atoms with Crippen LogP contribution < -0.4 is 10.6 Å². The highest BCUT2D eigenvalue weighted by atomic mass is 32.2. The van der Waals surface area contributed by atoms with Gasteiger partial charge < -0.3 is 5.32 Å². The zero-order valence-electron chi connectivity index (χ0n) is 11.4. The summed E-state index contributed by atoms with van der Waals surface area (Å²) in [5.41, 5.74) is 0.729. The Balaban J connectivity index is 1.72. The Bertz CT molecular complexity index is 747. The van der Waals surface area contributed by atoms with Gasteiger partial charge in [-0.05, 0) is 24.3 Å². The Kier molecular flexibility index (Phi) is 4.67. The first-order chi connectivity index (χ1) is 10.8. The summed E-state index contributed by atoms with van der Waals surface area (Å²) in [6, 6.07) is 13.0. The number of hydrogen-bond donors (Lipinski definition) is 2. The van der Waals surface area contributed by atoms with Gasteiger partial charge in [0.2, 0.25) is 0 Å². The first kappa shape index (κ1) is 14.6. The van der Waals surface area contributed by atoms with Crippen LogP contribution in [-0.4, -0.2) is 16.0 Å². The fourth-order valence-corrected chi connectivity index (χ4v) is 3.10. The van der Waals surface area contributed by atoms with E-state index >= 15 is 0 Å². The number of pyridine rings is 1. The predicted octanol–water partition coefficient (Wildman–Crippen LogP) is 4.33. The van der Waals surface area contributed by atoms with E-state index in [0.717, 1.165) is 15.6 Å². The highest BCUT2D eigenvalue weighted by molar-refractivity contribution is 7.99. The third-order valence-electron chi connectivity index (χ3n) is 2.64. The van der Waals surface area contributed by atoms with Crippen LogP contribution in [0.25, 0.3) is 0 Å². The molecule has 3 rings (SSSR count). The van der Waals surface area contributed by atoms with Gasteiger partial charge in [-0.2, -0.15) is 0 Å². The lowest BCUT2D eigenvalue weighted by Gasteiger charge is -2.10. The standard InChI is InChI=1S/C15H12N4OS2/c20-14(19-15-17-9-10-21-15)18-11-5-1-2-6-12(11)22-13-7-3-4-8-16-13/h1-10H,(H2,17,18,19,20). The molecule has 0 atom stereocenters. The van der Waals surface area contributed by atoms with E-state index in [9.17, 15) is 4.79 Å². The summed E-state index contributed by atoms with van der Waals surface area (Å²) < 4.78 is 0. The Morgan fingerprint density at radius 1 is 1.00 bits per heavy atom. The fraction of sp³-hybridized carbons (Fsp3) is 0. The van der Waals surface area contributed by atoms with Crippen LogP contribution in [0, 0.1) is 0 Å². The maximum Gasteiger partial charge on any atom is 0.325 e. The number of hydrogen-bond acceptors (Lipinski definition) is 5. The number of urea groups is 1. The molecule has 0 aliphatic carbocycles. The highest BCUT2D eigenvalue weighted by Crippen LogP contribution is 2.32. The average Bonchev–Trinajstić information content (AvgIpc) is 3.03. The second-order valence-corrected chi connectivity index (χ2v) is 6.14. The summed E-state index contributed by atoms with van der Waals surface area (Å²) >= 11 is 2.87. The molecule has 2 aromatic heterocycles. The number of aromatic nitrogens is 2. The molecule has 0 spiro atoms. The quantitative estimate of drug-likeness (QED) is 0.748. The van der Waals surface area contributed by atoms with E-state index in [1.165, 1.54) is 23.1 Å². The Morgan fingerprint density at radius 3 is 2.64 bits per heavy atom. The van der Waals surface area contributed by atoms with Crippen LogP contribution in [0.3, 0.4) is 0 Å². The molecule has 5 nitrogen and oxygen atoms in total. The summed E-state index contributed by atoms with van der Waals surface area (Å²) in [6.07, 6.45) is 3.39. The topological polar surface area (TPSA) is 66.9 Å². The molecule has 22 heavy (non-hydrogen) atoms. The molecule has 0 aliphatic heterocycles. The first-order valence-corrected chi connectivity index (χ1v) is 8.16. The summed E-state index contributed by atoms with van der Waals surface area (Å²) in [4.78, 5) is 21.2. The first-order valence-electron chi connectivity index (χ1n) is 6.47. The molecular weight excluding hydrogens is 316 g/mol. The van der Waals surface area contributed by atoms with Gasteiger partial charge >= 0.3 is 6.03 Å². The number of rotatable bonds is 4. The second-order valence-electron chi connectivity index (χ2n) is 4.18. The molecule has 0 fully saturated rings. The monoisotopic (exact) mass is 328 g/mol. The molecule has 110 valence electrons. The van der Waals surface area contributed by atoms with Crippen molar-refractivity contribution in [3.63, 3.8) is 0 Å². The van der Waals surface area contributed by atoms with Crippen molar-refractivity contribution in [3.05, 3.63) is 60.2 Å². The Hall–Kier alpha value is -2.38. The number of nitrogens with one attached hydrogen (secondary N) is 2. The molecule has 0 aliphatic rings. The van der Waals surface area contributed by atoms with Crippen LogP contribution in [0.4, 0.5) is 15.6 Å². The third-order valence-corrected chi connectivity index (χ3v) is 4.36. The normalized spacial score (nSPS) is 10.2. The maximum absolute atomic E-state index is 12.0. The summed E-state index contributed by atoms with van der Waals surface area (Å²) in [5, 5.41) is 8.77. The fourth-order valence-electron chi connectivity index (χ4n) is 1.71. The van der Waals surface area contributed by atoms with Gasteiger partial charge in [0.1, 0.15) is 5.03 Å². The molecule has 0 radical (unpaired) electrons. The van der Waals surface area contributed by atoms with Gasteiger partial charge in [-0.25, -0.2) is 14.8 Å². The van der Waals surface area contributed by atoms with E-state index in [-0.39, 0.29) is 6.03 Å². The van der Waals surface area contributed by atoms with Gasteiger partial charge in [0.25, 0.3) is 0 Å². The van der Waals surface area contributed by atoms with Crippen molar-refractivity contribution in [2.45, 2.75) is 9.92 Å². The molecule has 0 saturated carbocycles. The van der Waals surface area contributed by atoms with E-state index in [0.29, 0.717) is 5.13 Å². The minimum absolute atomic E-state index is 0.316. The van der Waals surface area contributed by atoms with Gasteiger partial charge in [-0.15, -0.1) is 11.3 Å². The zero-order valence-corrected chi connectivity index (χ0v) is 13.0. The predicted molar refractivity (Wildman–Crippen MR) is 89.6 cm³/mol. The van der Waals surface area contributed by atoms with Crippen LogP contribution in [0.15, 0.2) is 70.2 Å². The van der Waals surface area contributed by atoms with Crippen molar-refractivity contribution in [3.8, 4) is 0 Å². The molecule has 3 aromatic rings. The molecule has 2 heterocycles. The number of nitrogens with zero attached hydrogens (tertiary/aromatic N) is 2. The SMILES string of the molecule is O=C(Nc1nccs1)Nc1ccccc1Sc1ccccn1. The number of thiazole rings is 1. The largest absolute Gasteiger partial charge is 0.325 e. The van der Waals surface area contributed by atoms with Crippen LogP contribution >= 0.6 is 23.1 Å². The summed E-state index contributed by atoms with van der Waals surface area (Å²) in [5.74, 6) is 0. The minimum Gasteiger partial charge on any atom is -0.307 e. The molecule has 2 N–H and O–H groups in total. The lowest BCUT2D eigenvalue weighted by molar-refractivity contribution is 0.262. The van der Waals surface area contributed by atoms with Crippen molar-refractivity contribution in [2.24, 2.45) is 0 Å². The minimum atomic E-state index is -0.316. The molecular formula is C15H12N4OS2. The number of carbonyl (C=O) groups is 1. The van der Waals surface area contributed by atoms with Gasteiger partial charge in [-0.3, -0.25) is 5.32 Å². The average molecular weight is 328 g/mol. The number of para-hydroxylation sites is 1. The number of benzene rings is 1. The smallest absolute Gasteiger partial charge is 0.307 e. The van der Waals surface area contributed by atoms with Crippen LogP contribution in [0.2, 0.25) is 0 Å². The van der Waals surface area contributed by atoms with Crippen molar-refractivity contribution in [2.75, 3.05) is 10.6 Å². The summed E-state index contributed by atoms with van der Waals surface area (Å²) in [6.45, 7) is 0. The van der Waals surface area contributed by atoms with Crippen LogP contribution in [-0.2, 0) is 0 Å². The van der Waals surface area contributed by atoms with Crippen LogP contribution in [0.1, 0.15) is 0 Å². The van der Waals surface area contributed by atoms with E-state index < -0.39 is 0 Å². The summed E-state index contributed by atoms with van der Waals surface area (Å²) in [7, 11) is 0. The van der Waals surface area contributed by atoms with E-state index in [2.05, 4.69) is 20.6 Å². The van der Waals surface area contributed by atoms with Gasteiger partial charge in [0.05, 0.1) is 5.69 Å². The van der Waals surface area contributed by atoms with Gasteiger partial charge in [-0.1, -0.05) is 30.0 Å². The molecule has 0 bridgehead atoms. The molecule has 2 amide bonds. The molecule has 7 heteroatoms.